The zero-order valence-corrected chi connectivity index (χ0v) is 19.3. The zero-order valence-electron chi connectivity index (χ0n) is 17.7. The third kappa shape index (κ3) is 5.42. The fourth-order valence-electron chi connectivity index (χ4n) is 3.30. The lowest BCUT2D eigenvalue weighted by molar-refractivity contribution is -0.122. The molecule has 0 aromatic heterocycles. The Labute approximate surface area is 197 Å². The Morgan fingerprint density at radius 3 is 2.34 bits per heavy atom. The molecule has 1 fully saturated rings. The summed E-state index contributed by atoms with van der Waals surface area (Å²) in [5.41, 5.74) is 3.00. The Morgan fingerprint density at radius 2 is 1.69 bits per heavy atom. The summed E-state index contributed by atoms with van der Waals surface area (Å²) in [5.74, 6) is 0.577. The molecular weight excluding hydrogens is 440 g/mol. The predicted molar refractivity (Wildman–Crippen MR) is 133 cm³/mol. The predicted octanol–water partition coefficient (Wildman–Crippen LogP) is 6.41. The lowest BCUT2D eigenvalue weighted by atomic mass is 10.2. The molecular formula is C26H23ClN2O2S. The maximum atomic E-state index is 13.3. The molecule has 162 valence electrons. The molecule has 0 radical (unpaired) electrons. The number of amidine groups is 1. The molecule has 3 aromatic carbocycles. The van der Waals surface area contributed by atoms with Crippen molar-refractivity contribution < 1.29 is 9.53 Å². The summed E-state index contributed by atoms with van der Waals surface area (Å²) in [6.07, 6.45) is 1.86. The number of hydrogen-bond acceptors (Lipinski definition) is 4. The van der Waals surface area contributed by atoms with E-state index in [4.69, 9.17) is 21.3 Å². The van der Waals surface area contributed by atoms with Crippen LogP contribution >= 0.6 is 23.4 Å². The van der Waals surface area contributed by atoms with Gasteiger partial charge in [0.1, 0.15) is 5.75 Å². The monoisotopic (exact) mass is 462 g/mol. The second-order valence-electron chi connectivity index (χ2n) is 7.19. The minimum absolute atomic E-state index is 0.0596. The van der Waals surface area contributed by atoms with Crippen molar-refractivity contribution in [1.82, 2.24) is 4.90 Å². The van der Waals surface area contributed by atoms with Crippen LogP contribution in [0.4, 0.5) is 0 Å². The van der Waals surface area contributed by atoms with Gasteiger partial charge in [-0.05, 0) is 53.6 Å². The molecule has 1 aliphatic heterocycles. The summed E-state index contributed by atoms with van der Waals surface area (Å²) in [7, 11) is 0. The maximum absolute atomic E-state index is 13.3. The first-order chi connectivity index (χ1) is 15.6. The van der Waals surface area contributed by atoms with Crippen LogP contribution in [0.2, 0.25) is 5.02 Å². The summed E-state index contributed by atoms with van der Waals surface area (Å²) < 4.78 is 5.51. The number of aliphatic imine (C=N–C) groups is 1. The van der Waals surface area contributed by atoms with Crippen LogP contribution in [0.25, 0.3) is 6.08 Å². The molecule has 1 amide bonds. The molecule has 1 saturated heterocycles. The van der Waals surface area contributed by atoms with Gasteiger partial charge < -0.3 is 4.74 Å². The van der Waals surface area contributed by atoms with E-state index < -0.39 is 0 Å². The standard InChI is InChI=1S/C26H23ClN2O2S/c1-2-31-23-14-13-21(15-22(23)27)16-24-25(30)29(18-20-11-7-4-8-12-20)26(32-24)28-17-19-9-5-3-6-10-19/h3-16H,2,17-18H2,1H3/b24-16-,28-26?. The van der Waals surface area contributed by atoms with E-state index in [2.05, 4.69) is 0 Å². The number of carbonyl (C=O) groups excluding carboxylic acids is 1. The van der Waals surface area contributed by atoms with Gasteiger partial charge in [-0.3, -0.25) is 14.7 Å². The largest absolute Gasteiger partial charge is 0.492 e. The molecule has 4 rings (SSSR count). The number of hydrogen-bond donors (Lipinski definition) is 0. The van der Waals surface area contributed by atoms with Crippen molar-refractivity contribution in [3.8, 4) is 5.75 Å². The molecule has 0 N–H and O–H groups in total. The number of carbonyl (C=O) groups is 1. The molecule has 4 nitrogen and oxygen atoms in total. The topological polar surface area (TPSA) is 41.9 Å². The fourth-order valence-corrected chi connectivity index (χ4v) is 4.52. The van der Waals surface area contributed by atoms with Crippen LogP contribution in [-0.2, 0) is 17.9 Å². The molecule has 0 unspecified atom stereocenters. The fraction of sp³-hybridized carbons (Fsp3) is 0.154. The van der Waals surface area contributed by atoms with E-state index in [1.165, 1.54) is 11.8 Å². The highest BCUT2D eigenvalue weighted by Gasteiger charge is 2.33. The molecule has 0 atom stereocenters. The first-order valence-corrected chi connectivity index (χ1v) is 11.6. The molecule has 3 aromatic rings. The van der Waals surface area contributed by atoms with E-state index in [0.29, 0.717) is 40.5 Å². The van der Waals surface area contributed by atoms with Crippen molar-refractivity contribution in [3.63, 3.8) is 0 Å². The van der Waals surface area contributed by atoms with E-state index in [9.17, 15) is 4.79 Å². The summed E-state index contributed by atoms with van der Waals surface area (Å²) in [6.45, 7) is 3.45. The van der Waals surface area contributed by atoms with Crippen molar-refractivity contribution in [3.05, 3.63) is 105 Å². The van der Waals surface area contributed by atoms with E-state index in [0.717, 1.165) is 16.7 Å². The van der Waals surface area contributed by atoms with Crippen molar-refractivity contribution in [1.29, 1.82) is 0 Å². The van der Waals surface area contributed by atoms with Crippen molar-refractivity contribution in [2.24, 2.45) is 4.99 Å². The van der Waals surface area contributed by atoms with Gasteiger partial charge in [0.2, 0.25) is 0 Å². The van der Waals surface area contributed by atoms with Crippen LogP contribution < -0.4 is 4.74 Å². The average molecular weight is 463 g/mol. The second kappa shape index (κ2) is 10.5. The lowest BCUT2D eigenvalue weighted by Crippen LogP contribution is -2.28. The van der Waals surface area contributed by atoms with Crippen molar-refractivity contribution >= 4 is 40.5 Å². The van der Waals surface area contributed by atoms with Crippen LogP contribution in [0.3, 0.4) is 0 Å². The molecule has 0 bridgehead atoms. The van der Waals surface area contributed by atoms with E-state index in [1.807, 2.05) is 91.9 Å². The number of rotatable bonds is 7. The average Bonchev–Trinajstić information content (AvgIpc) is 3.10. The minimum Gasteiger partial charge on any atom is -0.492 e. The molecule has 0 saturated carbocycles. The van der Waals surface area contributed by atoms with Gasteiger partial charge in [0.15, 0.2) is 5.17 Å². The third-order valence-corrected chi connectivity index (χ3v) is 6.20. The first kappa shape index (κ1) is 22.2. The molecule has 6 heteroatoms. The minimum atomic E-state index is -0.0596. The van der Waals surface area contributed by atoms with Crippen molar-refractivity contribution in [2.75, 3.05) is 6.61 Å². The van der Waals surface area contributed by atoms with E-state index >= 15 is 0 Å². The number of benzene rings is 3. The van der Waals surface area contributed by atoms with Crippen LogP contribution in [0.5, 0.6) is 5.75 Å². The number of halogens is 1. The Hall–Kier alpha value is -3.02. The highest BCUT2D eigenvalue weighted by molar-refractivity contribution is 8.18. The Kier molecular flexibility index (Phi) is 7.30. The second-order valence-corrected chi connectivity index (χ2v) is 8.61. The van der Waals surface area contributed by atoms with Gasteiger partial charge in [-0.2, -0.15) is 0 Å². The Morgan fingerprint density at radius 1 is 1.00 bits per heavy atom. The van der Waals surface area contributed by atoms with Gasteiger partial charge in [-0.15, -0.1) is 0 Å². The van der Waals surface area contributed by atoms with Crippen LogP contribution in [-0.4, -0.2) is 22.6 Å². The number of nitrogens with zero attached hydrogens (tertiary/aromatic N) is 2. The maximum Gasteiger partial charge on any atom is 0.267 e. The number of ether oxygens (including phenoxy) is 1. The molecule has 1 aliphatic rings. The number of thioether (sulfide) groups is 1. The van der Waals surface area contributed by atoms with Crippen LogP contribution in [0.15, 0.2) is 88.8 Å². The summed E-state index contributed by atoms with van der Waals surface area (Å²) in [4.78, 5) is 20.4. The number of amides is 1. The van der Waals surface area contributed by atoms with E-state index in [1.54, 1.807) is 4.90 Å². The zero-order chi connectivity index (χ0) is 22.3. The third-order valence-electron chi connectivity index (χ3n) is 4.86. The first-order valence-electron chi connectivity index (χ1n) is 10.4. The Balaban J connectivity index is 1.62. The molecule has 0 spiro atoms. The molecule has 0 aliphatic carbocycles. The molecule has 32 heavy (non-hydrogen) atoms. The summed E-state index contributed by atoms with van der Waals surface area (Å²) >= 11 is 7.73. The highest BCUT2D eigenvalue weighted by atomic mass is 35.5. The Bertz CT molecular complexity index is 1150. The van der Waals surface area contributed by atoms with Gasteiger partial charge in [-0.1, -0.05) is 78.3 Å². The van der Waals surface area contributed by atoms with Crippen LogP contribution in [0, 0.1) is 0 Å². The van der Waals surface area contributed by atoms with Gasteiger partial charge in [0.05, 0.1) is 29.6 Å². The lowest BCUT2D eigenvalue weighted by Gasteiger charge is -2.15. The van der Waals surface area contributed by atoms with Gasteiger partial charge in [0.25, 0.3) is 5.91 Å². The normalized spacial score (nSPS) is 16.2. The smallest absolute Gasteiger partial charge is 0.267 e. The summed E-state index contributed by atoms with van der Waals surface area (Å²) in [6, 6.07) is 25.5. The van der Waals surface area contributed by atoms with Gasteiger partial charge in [0, 0.05) is 0 Å². The van der Waals surface area contributed by atoms with Gasteiger partial charge in [-0.25, -0.2) is 0 Å². The van der Waals surface area contributed by atoms with Crippen molar-refractivity contribution in [2.45, 2.75) is 20.0 Å². The highest BCUT2D eigenvalue weighted by Crippen LogP contribution is 2.35. The summed E-state index contributed by atoms with van der Waals surface area (Å²) in [5, 5.41) is 1.22. The quantitative estimate of drug-likeness (QED) is 0.381. The van der Waals surface area contributed by atoms with Crippen LogP contribution in [0.1, 0.15) is 23.6 Å². The molecule has 1 heterocycles. The van der Waals surface area contributed by atoms with Gasteiger partial charge >= 0.3 is 0 Å². The SMILES string of the molecule is CCOc1ccc(/C=C2\SC(=NCc3ccccc3)N(Cc3ccccc3)C2=O)cc1Cl. The van der Waals surface area contributed by atoms with E-state index in [-0.39, 0.29) is 5.91 Å².